The average molecular weight is 285 g/mol. The molecule has 0 aliphatic heterocycles. The summed E-state index contributed by atoms with van der Waals surface area (Å²) in [6, 6.07) is 10.4. The van der Waals surface area contributed by atoms with E-state index in [1.807, 2.05) is 38.6 Å². The molecule has 1 aromatic carbocycles. The summed E-state index contributed by atoms with van der Waals surface area (Å²) in [5.41, 5.74) is 3.14. The van der Waals surface area contributed by atoms with Crippen LogP contribution in [-0.4, -0.2) is 22.2 Å². The van der Waals surface area contributed by atoms with Crippen LogP contribution in [0.5, 0.6) is 0 Å². The Labute approximate surface area is 126 Å². The number of nitrogens with one attached hydrogen (secondary N) is 1. The molecule has 112 valence electrons. The lowest BCUT2D eigenvalue weighted by Crippen LogP contribution is -2.35. The zero-order valence-electron chi connectivity index (χ0n) is 13.2. The second-order valence-corrected chi connectivity index (χ2v) is 6.29. The van der Waals surface area contributed by atoms with E-state index >= 15 is 0 Å². The fourth-order valence-corrected chi connectivity index (χ4v) is 2.08. The van der Waals surface area contributed by atoms with Gasteiger partial charge in [-0.1, -0.05) is 45.0 Å². The monoisotopic (exact) mass is 285 g/mol. The van der Waals surface area contributed by atoms with Gasteiger partial charge >= 0.3 is 0 Å². The van der Waals surface area contributed by atoms with Gasteiger partial charge in [0.05, 0.1) is 5.69 Å². The minimum Gasteiger partial charge on any atom is -0.355 e. The lowest BCUT2D eigenvalue weighted by Gasteiger charge is -2.17. The van der Waals surface area contributed by atoms with Gasteiger partial charge in [-0.05, 0) is 23.6 Å². The Morgan fingerprint density at radius 3 is 2.38 bits per heavy atom. The van der Waals surface area contributed by atoms with Crippen LogP contribution in [0.2, 0.25) is 0 Å². The molecule has 1 heterocycles. The lowest BCUT2D eigenvalue weighted by molar-refractivity contribution is -0.128. The highest BCUT2D eigenvalue weighted by Crippen LogP contribution is 2.18. The zero-order valence-corrected chi connectivity index (χ0v) is 13.2. The molecule has 0 saturated heterocycles. The van der Waals surface area contributed by atoms with Crippen molar-refractivity contribution in [3.63, 3.8) is 0 Å². The summed E-state index contributed by atoms with van der Waals surface area (Å²) in [6.07, 6.45) is 2.64. The van der Waals surface area contributed by atoms with E-state index in [0.29, 0.717) is 6.54 Å². The van der Waals surface area contributed by atoms with E-state index in [-0.39, 0.29) is 11.3 Å². The van der Waals surface area contributed by atoms with E-state index in [1.54, 1.807) is 6.20 Å². The largest absolute Gasteiger partial charge is 0.355 e. The average Bonchev–Trinajstić information content (AvgIpc) is 2.84. The molecule has 2 aromatic rings. The van der Waals surface area contributed by atoms with Crippen LogP contribution in [0.15, 0.2) is 36.5 Å². The van der Waals surface area contributed by atoms with E-state index in [1.165, 1.54) is 5.56 Å². The van der Waals surface area contributed by atoms with Crippen molar-refractivity contribution < 1.29 is 4.79 Å². The van der Waals surface area contributed by atoms with Gasteiger partial charge in [0.2, 0.25) is 5.91 Å². The summed E-state index contributed by atoms with van der Waals surface area (Å²) >= 11 is 0. The maximum Gasteiger partial charge on any atom is 0.225 e. The van der Waals surface area contributed by atoms with E-state index < -0.39 is 0 Å². The van der Waals surface area contributed by atoms with Crippen molar-refractivity contribution >= 4 is 5.91 Å². The summed E-state index contributed by atoms with van der Waals surface area (Å²) in [5.74, 6) is 0.0917. The molecule has 0 bridgehead atoms. The van der Waals surface area contributed by atoms with Crippen molar-refractivity contribution in [1.82, 2.24) is 15.1 Å². The first-order valence-corrected chi connectivity index (χ1v) is 7.23. The molecule has 0 atom stereocenters. The van der Waals surface area contributed by atoms with Crippen LogP contribution in [0.1, 0.15) is 26.3 Å². The Balaban J connectivity index is 1.92. The van der Waals surface area contributed by atoms with Gasteiger partial charge in [-0.3, -0.25) is 9.48 Å². The maximum absolute atomic E-state index is 11.8. The summed E-state index contributed by atoms with van der Waals surface area (Å²) in [6.45, 7) is 6.43. The third kappa shape index (κ3) is 3.94. The topological polar surface area (TPSA) is 46.9 Å². The Morgan fingerprint density at radius 2 is 1.86 bits per heavy atom. The fourth-order valence-electron chi connectivity index (χ4n) is 2.08. The van der Waals surface area contributed by atoms with Crippen molar-refractivity contribution in [1.29, 1.82) is 0 Å². The number of hydrogen-bond acceptors (Lipinski definition) is 2. The van der Waals surface area contributed by atoms with Gasteiger partial charge in [0.1, 0.15) is 0 Å². The van der Waals surface area contributed by atoms with E-state index in [9.17, 15) is 4.79 Å². The van der Waals surface area contributed by atoms with Gasteiger partial charge in [0.15, 0.2) is 0 Å². The number of benzene rings is 1. The van der Waals surface area contributed by atoms with Crippen LogP contribution in [0.3, 0.4) is 0 Å². The SMILES string of the molecule is Cn1nccc1-c1ccc(CCNC(=O)C(C)(C)C)cc1. The van der Waals surface area contributed by atoms with Gasteiger partial charge < -0.3 is 5.32 Å². The number of rotatable bonds is 4. The van der Waals surface area contributed by atoms with Crippen molar-refractivity contribution in [2.24, 2.45) is 12.5 Å². The highest BCUT2D eigenvalue weighted by molar-refractivity contribution is 5.81. The first-order valence-electron chi connectivity index (χ1n) is 7.23. The maximum atomic E-state index is 11.8. The highest BCUT2D eigenvalue weighted by atomic mass is 16.2. The van der Waals surface area contributed by atoms with Crippen molar-refractivity contribution in [3.05, 3.63) is 42.1 Å². The van der Waals surface area contributed by atoms with Crippen LogP contribution < -0.4 is 5.32 Å². The number of nitrogens with zero attached hydrogens (tertiary/aromatic N) is 2. The minimum absolute atomic E-state index is 0.0917. The molecule has 0 fully saturated rings. The van der Waals surface area contributed by atoms with Crippen LogP contribution in [0.4, 0.5) is 0 Å². The zero-order chi connectivity index (χ0) is 15.5. The number of amides is 1. The number of carbonyl (C=O) groups excluding carboxylic acids is 1. The summed E-state index contributed by atoms with van der Waals surface area (Å²) in [5, 5.41) is 7.15. The second-order valence-electron chi connectivity index (χ2n) is 6.29. The molecular formula is C17H23N3O. The standard InChI is InChI=1S/C17H23N3O/c1-17(2,3)16(21)18-11-9-13-5-7-14(8-6-13)15-10-12-19-20(15)4/h5-8,10,12H,9,11H2,1-4H3,(H,18,21). The van der Waals surface area contributed by atoms with Gasteiger partial charge in [0, 0.05) is 25.2 Å². The minimum atomic E-state index is -0.330. The lowest BCUT2D eigenvalue weighted by atomic mass is 9.95. The summed E-state index contributed by atoms with van der Waals surface area (Å²) in [4.78, 5) is 11.8. The molecular weight excluding hydrogens is 262 g/mol. The Morgan fingerprint density at radius 1 is 1.19 bits per heavy atom. The summed E-state index contributed by atoms with van der Waals surface area (Å²) < 4.78 is 1.86. The molecule has 21 heavy (non-hydrogen) atoms. The quantitative estimate of drug-likeness (QED) is 0.939. The van der Waals surface area contributed by atoms with Gasteiger partial charge in [-0.25, -0.2) is 0 Å². The fraction of sp³-hybridized carbons (Fsp3) is 0.412. The van der Waals surface area contributed by atoms with Gasteiger partial charge in [0.25, 0.3) is 0 Å². The van der Waals surface area contributed by atoms with Crippen LogP contribution >= 0.6 is 0 Å². The van der Waals surface area contributed by atoms with Gasteiger partial charge in [-0.2, -0.15) is 5.10 Å². The number of aromatic nitrogens is 2. The van der Waals surface area contributed by atoms with Crippen molar-refractivity contribution in [2.45, 2.75) is 27.2 Å². The number of hydrogen-bond donors (Lipinski definition) is 1. The van der Waals surface area contributed by atoms with Crippen molar-refractivity contribution in [3.8, 4) is 11.3 Å². The predicted octanol–water partition coefficient (Wildman–Crippen LogP) is 2.79. The molecule has 2 rings (SSSR count). The van der Waals surface area contributed by atoms with E-state index in [0.717, 1.165) is 17.7 Å². The molecule has 0 saturated carbocycles. The Bertz CT molecular complexity index is 606. The number of carbonyl (C=O) groups is 1. The highest BCUT2D eigenvalue weighted by Gasteiger charge is 2.20. The molecule has 0 unspecified atom stereocenters. The molecule has 1 amide bonds. The molecule has 0 spiro atoms. The molecule has 1 N–H and O–H groups in total. The van der Waals surface area contributed by atoms with Crippen LogP contribution in [0, 0.1) is 5.41 Å². The Kier molecular flexibility index (Phi) is 4.46. The molecule has 0 aliphatic carbocycles. The molecule has 4 nitrogen and oxygen atoms in total. The number of aryl methyl sites for hydroxylation is 1. The second kappa shape index (κ2) is 6.12. The molecule has 0 radical (unpaired) electrons. The Hall–Kier alpha value is -2.10. The first-order chi connectivity index (χ1) is 9.88. The van der Waals surface area contributed by atoms with E-state index in [2.05, 4.69) is 34.7 Å². The molecule has 1 aromatic heterocycles. The van der Waals surface area contributed by atoms with Crippen LogP contribution in [-0.2, 0) is 18.3 Å². The van der Waals surface area contributed by atoms with Gasteiger partial charge in [-0.15, -0.1) is 0 Å². The van der Waals surface area contributed by atoms with E-state index in [4.69, 9.17) is 0 Å². The van der Waals surface area contributed by atoms with Crippen molar-refractivity contribution in [2.75, 3.05) is 6.54 Å². The third-order valence-corrected chi connectivity index (χ3v) is 3.45. The third-order valence-electron chi connectivity index (χ3n) is 3.45. The molecule has 4 heteroatoms. The smallest absolute Gasteiger partial charge is 0.225 e. The molecule has 0 aliphatic rings. The first kappa shape index (κ1) is 15.3. The summed E-state index contributed by atoms with van der Waals surface area (Å²) in [7, 11) is 1.94. The predicted molar refractivity (Wildman–Crippen MR) is 84.8 cm³/mol. The normalized spacial score (nSPS) is 11.4. The van der Waals surface area contributed by atoms with Crippen LogP contribution in [0.25, 0.3) is 11.3 Å².